The molecule has 0 saturated carbocycles. The number of nitrogens with one attached hydrogen (secondary N) is 1. The molecular weight excluding hydrogens is 314 g/mol. The first-order valence-electron chi connectivity index (χ1n) is 8.56. The van der Waals surface area contributed by atoms with E-state index in [4.69, 9.17) is 0 Å². The summed E-state index contributed by atoms with van der Waals surface area (Å²) in [5.41, 5.74) is 3.21. The van der Waals surface area contributed by atoms with Crippen LogP contribution in [0.2, 0.25) is 0 Å². The van der Waals surface area contributed by atoms with Crippen molar-refractivity contribution in [1.82, 2.24) is 19.3 Å². The van der Waals surface area contributed by atoms with Crippen LogP contribution < -0.4 is 5.32 Å². The van der Waals surface area contributed by atoms with Crippen molar-refractivity contribution in [2.45, 2.75) is 12.8 Å². The van der Waals surface area contributed by atoms with Crippen molar-refractivity contribution < 1.29 is 4.79 Å². The molecule has 25 heavy (non-hydrogen) atoms. The Kier molecular flexibility index (Phi) is 4.19. The van der Waals surface area contributed by atoms with Crippen molar-refractivity contribution in [2.24, 2.45) is 5.92 Å². The predicted octanol–water partition coefficient (Wildman–Crippen LogP) is 2.68. The van der Waals surface area contributed by atoms with Crippen molar-refractivity contribution in [2.75, 3.05) is 25.5 Å². The zero-order valence-corrected chi connectivity index (χ0v) is 14.2. The Morgan fingerprint density at radius 2 is 1.92 bits per heavy atom. The SMILES string of the molecule is CN1CCC(C(=O)Nc2cc3cc(-c4ccncc4)cn3cn2)CC1. The molecular formula is C19H21N5O. The second kappa shape index (κ2) is 6.64. The number of anilines is 1. The lowest BCUT2D eigenvalue weighted by Gasteiger charge is -2.27. The highest BCUT2D eigenvalue weighted by atomic mass is 16.1. The van der Waals surface area contributed by atoms with Crippen molar-refractivity contribution in [3.8, 4) is 11.1 Å². The van der Waals surface area contributed by atoms with E-state index in [-0.39, 0.29) is 11.8 Å². The fourth-order valence-corrected chi connectivity index (χ4v) is 3.28. The highest BCUT2D eigenvalue weighted by Gasteiger charge is 2.23. The molecule has 4 rings (SSSR count). The van der Waals surface area contributed by atoms with Crippen LogP contribution in [0.5, 0.6) is 0 Å². The molecule has 0 bridgehead atoms. The summed E-state index contributed by atoms with van der Waals surface area (Å²) in [6.45, 7) is 1.94. The van der Waals surface area contributed by atoms with Gasteiger partial charge in [-0.25, -0.2) is 4.98 Å². The molecule has 0 spiro atoms. The molecule has 1 amide bonds. The minimum Gasteiger partial charge on any atom is -0.310 e. The largest absolute Gasteiger partial charge is 0.310 e. The van der Waals surface area contributed by atoms with Gasteiger partial charge in [-0.15, -0.1) is 0 Å². The van der Waals surface area contributed by atoms with Crippen LogP contribution >= 0.6 is 0 Å². The summed E-state index contributed by atoms with van der Waals surface area (Å²) in [7, 11) is 2.09. The summed E-state index contributed by atoms with van der Waals surface area (Å²) >= 11 is 0. The summed E-state index contributed by atoms with van der Waals surface area (Å²) in [6, 6.07) is 7.95. The van der Waals surface area contributed by atoms with E-state index in [1.54, 1.807) is 18.7 Å². The van der Waals surface area contributed by atoms with Gasteiger partial charge >= 0.3 is 0 Å². The van der Waals surface area contributed by atoms with Gasteiger partial charge in [0.1, 0.15) is 12.1 Å². The first-order valence-corrected chi connectivity index (χ1v) is 8.56. The fraction of sp³-hybridized carbons (Fsp3) is 0.316. The highest BCUT2D eigenvalue weighted by molar-refractivity contribution is 5.92. The second-order valence-corrected chi connectivity index (χ2v) is 6.64. The number of carbonyl (C=O) groups excluding carboxylic acids is 1. The number of fused-ring (bicyclic) bond motifs is 1. The molecule has 1 saturated heterocycles. The Bertz CT molecular complexity index is 881. The Morgan fingerprint density at radius 1 is 1.16 bits per heavy atom. The van der Waals surface area contributed by atoms with E-state index in [9.17, 15) is 4.79 Å². The number of hydrogen-bond donors (Lipinski definition) is 1. The molecule has 0 aliphatic carbocycles. The minimum absolute atomic E-state index is 0.0749. The summed E-state index contributed by atoms with van der Waals surface area (Å²) < 4.78 is 1.96. The standard InChI is InChI=1S/C19H21N5O/c1-23-8-4-15(5-9-23)19(25)22-18-11-17-10-16(12-24(17)13-21-18)14-2-6-20-7-3-14/h2-3,6-7,10-13,15H,4-5,8-9H2,1H3,(H,22,25). The predicted molar refractivity (Wildman–Crippen MR) is 97.3 cm³/mol. The molecule has 0 unspecified atom stereocenters. The maximum Gasteiger partial charge on any atom is 0.228 e. The zero-order chi connectivity index (χ0) is 17.2. The first-order chi connectivity index (χ1) is 12.2. The number of pyridine rings is 1. The van der Waals surface area contributed by atoms with E-state index in [0.29, 0.717) is 5.82 Å². The molecule has 4 heterocycles. The Labute approximate surface area is 146 Å². The van der Waals surface area contributed by atoms with Crippen LogP contribution in [0.15, 0.2) is 49.2 Å². The van der Waals surface area contributed by atoms with Crippen LogP contribution in [0.4, 0.5) is 5.82 Å². The average Bonchev–Trinajstić information content (AvgIpc) is 3.06. The number of piperidine rings is 1. The normalized spacial score (nSPS) is 16.2. The maximum atomic E-state index is 12.5. The van der Waals surface area contributed by atoms with Crippen molar-refractivity contribution in [3.63, 3.8) is 0 Å². The number of hydrogen-bond acceptors (Lipinski definition) is 4. The smallest absolute Gasteiger partial charge is 0.228 e. The van der Waals surface area contributed by atoms with Crippen LogP contribution in [0.1, 0.15) is 12.8 Å². The third kappa shape index (κ3) is 3.39. The molecule has 0 atom stereocenters. The molecule has 128 valence electrons. The topological polar surface area (TPSA) is 62.5 Å². The number of rotatable bonds is 3. The number of likely N-dealkylation sites (tertiary alicyclic amines) is 1. The summed E-state index contributed by atoms with van der Waals surface area (Å²) in [6.07, 6.45) is 9.14. The molecule has 1 aliphatic rings. The quantitative estimate of drug-likeness (QED) is 0.799. The van der Waals surface area contributed by atoms with E-state index >= 15 is 0 Å². The maximum absolute atomic E-state index is 12.5. The molecule has 0 radical (unpaired) electrons. The van der Waals surface area contributed by atoms with Gasteiger partial charge in [-0.3, -0.25) is 9.78 Å². The second-order valence-electron chi connectivity index (χ2n) is 6.64. The van der Waals surface area contributed by atoms with Gasteiger partial charge < -0.3 is 14.6 Å². The minimum atomic E-state index is 0.0749. The molecule has 3 aromatic heterocycles. The molecule has 1 fully saturated rings. The molecule has 3 aromatic rings. The molecule has 6 nitrogen and oxygen atoms in total. The number of amides is 1. The molecule has 1 N–H and O–H groups in total. The first kappa shape index (κ1) is 15.8. The lowest BCUT2D eigenvalue weighted by molar-refractivity contribution is -0.121. The molecule has 0 aromatic carbocycles. The summed E-state index contributed by atoms with van der Waals surface area (Å²) in [4.78, 5) is 23.1. The van der Waals surface area contributed by atoms with Crippen LogP contribution in [0, 0.1) is 5.92 Å². The Morgan fingerprint density at radius 3 is 2.68 bits per heavy atom. The molecule has 1 aliphatic heterocycles. The van der Waals surface area contributed by atoms with Gasteiger partial charge in [0, 0.05) is 36.1 Å². The van der Waals surface area contributed by atoms with Gasteiger partial charge in [-0.2, -0.15) is 0 Å². The number of nitrogens with zero attached hydrogens (tertiary/aromatic N) is 4. The number of carbonyl (C=O) groups is 1. The van der Waals surface area contributed by atoms with Crippen LogP contribution in [-0.4, -0.2) is 45.3 Å². The van der Waals surface area contributed by atoms with Gasteiger partial charge in [-0.1, -0.05) is 0 Å². The van der Waals surface area contributed by atoms with E-state index < -0.39 is 0 Å². The average molecular weight is 335 g/mol. The third-order valence-electron chi connectivity index (χ3n) is 4.84. The van der Waals surface area contributed by atoms with Crippen LogP contribution in [-0.2, 0) is 4.79 Å². The van der Waals surface area contributed by atoms with Crippen LogP contribution in [0.25, 0.3) is 16.6 Å². The zero-order valence-electron chi connectivity index (χ0n) is 14.2. The molecule has 6 heteroatoms. The lowest BCUT2D eigenvalue weighted by atomic mass is 9.96. The van der Waals surface area contributed by atoms with Gasteiger partial charge in [0.25, 0.3) is 0 Å². The summed E-state index contributed by atoms with van der Waals surface area (Å²) in [5.74, 6) is 0.759. The van der Waals surface area contributed by atoms with Crippen molar-refractivity contribution in [1.29, 1.82) is 0 Å². The van der Waals surface area contributed by atoms with Gasteiger partial charge in [0.2, 0.25) is 5.91 Å². The number of aromatic nitrogens is 3. The van der Waals surface area contributed by atoms with Gasteiger partial charge in [0.15, 0.2) is 0 Å². The van der Waals surface area contributed by atoms with E-state index in [2.05, 4.69) is 33.3 Å². The van der Waals surface area contributed by atoms with E-state index in [1.165, 1.54) is 0 Å². The van der Waals surface area contributed by atoms with Gasteiger partial charge in [-0.05, 0) is 56.7 Å². The van der Waals surface area contributed by atoms with Crippen molar-refractivity contribution in [3.05, 3.63) is 49.2 Å². The van der Waals surface area contributed by atoms with Gasteiger partial charge in [0.05, 0.1) is 5.52 Å². The fourth-order valence-electron chi connectivity index (χ4n) is 3.28. The monoisotopic (exact) mass is 335 g/mol. The summed E-state index contributed by atoms with van der Waals surface area (Å²) in [5, 5.41) is 2.98. The Balaban J connectivity index is 1.52. The lowest BCUT2D eigenvalue weighted by Crippen LogP contribution is -2.36. The van der Waals surface area contributed by atoms with Crippen molar-refractivity contribution >= 4 is 17.2 Å². The third-order valence-corrected chi connectivity index (χ3v) is 4.84. The van der Waals surface area contributed by atoms with Crippen LogP contribution in [0.3, 0.4) is 0 Å². The Hall–Kier alpha value is -2.73. The van der Waals surface area contributed by atoms with E-state index in [1.807, 2.05) is 28.8 Å². The van der Waals surface area contributed by atoms with E-state index in [0.717, 1.165) is 42.6 Å². The highest BCUT2D eigenvalue weighted by Crippen LogP contribution is 2.23.